The van der Waals surface area contributed by atoms with Crippen molar-refractivity contribution in [3.05, 3.63) is 41.5 Å². The van der Waals surface area contributed by atoms with Crippen LogP contribution in [0.25, 0.3) is 0 Å². The molecule has 0 atom stereocenters. The van der Waals surface area contributed by atoms with Crippen LogP contribution in [0, 0.1) is 6.92 Å². The first-order valence-electron chi connectivity index (χ1n) is 4.86. The minimum Gasteiger partial charge on any atom is -0.399 e. The number of hydrogen-bond donors (Lipinski definition) is 1. The van der Waals surface area contributed by atoms with Gasteiger partial charge in [0.05, 0.1) is 0 Å². The van der Waals surface area contributed by atoms with Gasteiger partial charge >= 0.3 is 0 Å². The van der Waals surface area contributed by atoms with Crippen molar-refractivity contribution in [1.29, 1.82) is 0 Å². The van der Waals surface area contributed by atoms with Gasteiger partial charge in [0.25, 0.3) is 0 Å². The fraction of sp³-hybridized carbons (Fsp3) is 0.273. The minimum atomic E-state index is 0.766. The number of nitrogens with two attached hydrogens (primary N) is 1. The average Bonchev–Trinajstić information content (AvgIpc) is 2.50. The van der Waals surface area contributed by atoms with E-state index in [4.69, 9.17) is 5.73 Å². The summed E-state index contributed by atoms with van der Waals surface area (Å²) < 4.78 is 1.99. The fourth-order valence-electron chi connectivity index (χ4n) is 1.49. The Kier molecular flexibility index (Phi) is 2.41. The molecule has 0 aliphatic heterocycles. The molecule has 1 aromatic carbocycles. The highest BCUT2D eigenvalue weighted by Gasteiger charge is 2.05. The quantitative estimate of drug-likeness (QED) is 0.747. The van der Waals surface area contributed by atoms with Crippen molar-refractivity contribution in [2.24, 2.45) is 7.05 Å². The fourth-order valence-corrected chi connectivity index (χ4v) is 1.49. The Morgan fingerprint density at radius 3 is 2.73 bits per heavy atom. The maximum Gasteiger partial charge on any atom is 0.137 e. The highest BCUT2D eigenvalue weighted by Crippen LogP contribution is 2.11. The van der Waals surface area contributed by atoms with E-state index in [2.05, 4.69) is 10.2 Å². The number of nitrogens with zero attached hydrogens (tertiary/aromatic N) is 3. The standard InChI is InChI=1S/C11H14N4/c1-8-13-14-11(15(8)2)7-9-4-3-5-10(12)6-9/h3-6H,7,12H2,1-2H3. The first-order valence-corrected chi connectivity index (χ1v) is 4.86. The molecule has 0 saturated heterocycles. The second-order valence-corrected chi connectivity index (χ2v) is 3.64. The van der Waals surface area contributed by atoms with Gasteiger partial charge in [-0.15, -0.1) is 10.2 Å². The summed E-state index contributed by atoms with van der Waals surface area (Å²) in [6.45, 7) is 1.94. The average molecular weight is 202 g/mol. The third-order valence-corrected chi connectivity index (χ3v) is 2.50. The van der Waals surface area contributed by atoms with Crippen molar-refractivity contribution in [2.75, 3.05) is 5.73 Å². The van der Waals surface area contributed by atoms with Gasteiger partial charge < -0.3 is 10.3 Å². The molecule has 2 rings (SSSR count). The third-order valence-electron chi connectivity index (χ3n) is 2.50. The van der Waals surface area contributed by atoms with Crippen LogP contribution < -0.4 is 5.73 Å². The number of nitrogen functional groups attached to an aromatic ring is 1. The highest BCUT2D eigenvalue weighted by atomic mass is 15.3. The SMILES string of the molecule is Cc1nnc(Cc2cccc(N)c2)n1C. The van der Waals surface area contributed by atoms with Crippen LogP contribution in [-0.4, -0.2) is 14.8 Å². The van der Waals surface area contributed by atoms with Crippen LogP contribution in [0.1, 0.15) is 17.2 Å². The molecule has 2 aromatic rings. The summed E-state index contributed by atoms with van der Waals surface area (Å²) >= 11 is 0. The third kappa shape index (κ3) is 1.98. The molecule has 0 aliphatic rings. The van der Waals surface area contributed by atoms with Crippen LogP contribution in [0.5, 0.6) is 0 Å². The molecule has 0 saturated carbocycles. The van der Waals surface area contributed by atoms with E-state index in [1.807, 2.05) is 42.8 Å². The lowest BCUT2D eigenvalue weighted by molar-refractivity contribution is 0.796. The van der Waals surface area contributed by atoms with Crippen molar-refractivity contribution in [3.63, 3.8) is 0 Å². The van der Waals surface area contributed by atoms with Gasteiger partial charge in [0.15, 0.2) is 0 Å². The zero-order valence-electron chi connectivity index (χ0n) is 8.94. The molecular weight excluding hydrogens is 188 g/mol. The Balaban J connectivity index is 2.26. The maximum atomic E-state index is 5.71. The molecule has 4 nitrogen and oxygen atoms in total. The van der Waals surface area contributed by atoms with Crippen LogP contribution >= 0.6 is 0 Å². The van der Waals surface area contributed by atoms with Crippen LogP contribution in [0.4, 0.5) is 5.69 Å². The van der Waals surface area contributed by atoms with Gasteiger partial charge in [-0.25, -0.2) is 0 Å². The van der Waals surface area contributed by atoms with Gasteiger partial charge in [-0.05, 0) is 24.6 Å². The molecule has 2 N–H and O–H groups in total. The van der Waals surface area contributed by atoms with Gasteiger partial charge in [0, 0.05) is 19.2 Å². The van der Waals surface area contributed by atoms with Crippen LogP contribution in [0.3, 0.4) is 0 Å². The molecule has 0 radical (unpaired) electrons. The molecule has 0 fully saturated rings. The minimum absolute atomic E-state index is 0.766. The Hall–Kier alpha value is -1.84. The van der Waals surface area contributed by atoms with Crippen LogP contribution in [0.15, 0.2) is 24.3 Å². The predicted molar refractivity (Wildman–Crippen MR) is 59.4 cm³/mol. The van der Waals surface area contributed by atoms with E-state index in [1.165, 1.54) is 0 Å². The number of rotatable bonds is 2. The van der Waals surface area contributed by atoms with Crippen molar-refractivity contribution in [2.45, 2.75) is 13.3 Å². The van der Waals surface area contributed by atoms with Gasteiger partial charge in [0.1, 0.15) is 11.6 Å². The van der Waals surface area contributed by atoms with E-state index >= 15 is 0 Å². The summed E-state index contributed by atoms with van der Waals surface area (Å²) in [6, 6.07) is 7.84. The van der Waals surface area contributed by atoms with Crippen LogP contribution in [0.2, 0.25) is 0 Å². The Morgan fingerprint density at radius 1 is 1.33 bits per heavy atom. The summed E-state index contributed by atoms with van der Waals surface area (Å²) in [5.41, 5.74) is 7.65. The highest BCUT2D eigenvalue weighted by molar-refractivity contribution is 5.41. The lowest BCUT2D eigenvalue weighted by atomic mass is 10.1. The molecule has 0 aliphatic carbocycles. The Labute approximate surface area is 88.8 Å². The lowest BCUT2D eigenvalue weighted by Crippen LogP contribution is -2.01. The smallest absolute Gasteiger partial charge is 0.137 e. The summed E-state index contributed by atoms with van der Waals surface area (Å²) in [7, 11) is 1.97. The maximum absolute atomic E-state index is 5.71. The van der Waals surface area contributed by atoms with Gasteiger partial charge in [-0.3, -0.25) is 0 Å². The first-order chi connectivity index (χ1) is 7.16. The van der Waals surface area contributed by atoms with E-state index in [0.717, 1.165) is 29.3 Å². The largest absolute Gasteiger partial charge is 0.399 e. The zero-order chi connectivity index (χ0) is 10.8. The molecule has 1 aromatic heterocycles. The number of hydrogen-bond acceptors (Lipinski definition) is 3. The van der Waals surface area contributed by atoms with Crippen molar-refractivity contribution in [1.82, 2.24) is 14.8 Å². The molecule has 78 valence electrons. The second kappa shape index (κ2) is 3.73. The second-order valence-electron chi connectivity index (χ2n) is 3.64. The van der Waals surface area contributed by atoms with E-state index < -0.39 is 0 Å². The molecule has 0 spiro atoms. The summed E-state index contributed by atoms with van der Waals surface area (Å²) in [5, 5.41) is 8.13. The molecule has 1 heterocycles. The summed E-state index contributed by atoms with van der Waals surface area (Å²) in [4.78, 5) is 0. The normalized spacial score (nSPS) is 10.5. The van der Waals surface area contributed by atoms with E-state index in [1.54, 1.807) is 0 Å². The molecule has 15 heavy (non-hydrogen) atoms. The van der Waals surface area contributed by atoms with Gasteiger partial charge in [0.2, 0.25) is 0 Å². The predicted octanol–water partition coefficient (Wildman–Crippen LogP) is 1.30. The monoisotopic (exact) mass is 202 g/mol. The molecular formula is C11H14N4. The molecule has 0 amide bonds. The topological polar surface area (TPSA) is 56.7 Å². The van der Waals surface area contributed by atoms with Crippen molar-refractivity contribution < 1.29 is 0 Å². The van der Waals surface area contributed by atoms with Crippen molar-refractivity contribution in [3.8, 4) is 0 Å². The summed E-state index contributed by atoms with van der Waals surface area (Å²) in [5.74, 6) is 1.88. The number of benzene rings is 1. The molecule has 4 heteroatoms. The van der Waals surface area contributed by atoms with Gasteiger partial charge in [-0.1, -0.05) is 12.1 Å². The summed E-state index contributed by atoms with van der Waals surface area (Å²) in [6.07, 6.45) is 0.766. The lowest BCUT2D eigenvalue weighted by Gasteiger charge is -2.02. The molecule has 0 unspecified atom stereocenters. The number of aromatic nitrogens is 3. The number of aryl methyl sites for hydroxylation is 1. The first kappa shape index (κ1) is 9.71. The molecule has 0 bridgehead atoms. The van der Waals surface area contributed by atoms with E-state index in [9.17, 15) is 0 Å². The Morgan fingerprint density at radius 2 is 2.13 bits per heavy atom. The Bertz CT molecular complexity index is 473. The van der Waals surface area contributed by atoms with Gasteiger partial charge in [-0.2, -0.15) is 0 Å². The number of anilines is 1. The van der Waals surface area contributed by atoms with E-state index in [-0.39, 0.29) is 0 Å². The zero-order valence-corrected chi connectivity index (χ0v) is 8.94. The van der Waals surface area contributed by atoms with Crippen LogP contribution in [-0.2, 0) is 13.5 Å². The van der Waals surface area contributed by atoms with Crippen molar-refractivity contribution >= 4 is 5.69 Å². The van der Waals surface area contributed by atoms with E-state index in [0.29, 0.717) is 0 Å².